The minimum absolute atomic E-state index is 0.0525. The molecule has 1 unspecified atom stereocenters. The molecular formula is C29H42N6O5. The van der Waals surface area contributed by atoms with E-state index in [4.69, 9.17) is 20.2 Å². The van der Waals surface area contributed by atoms with Gasteiger partial charge < -0.3 is 20.1 Å². The SMILES string of the molecule is CCC/C(C(=O)c1nc(OCC2CCCN2C)c2c(n1)n(C1CCOCC1)c(=O)n2C)=C(/N)[C@H]1CCCCC1=O. The zero-order chi connectivity index (χ0) is 28.4. The second-order valence-corrected chi connectivity index (χ2v) is 11.4. The lowest BCUT2D eigenvalue weighted by atomic mass is 9.83. The highest BCUT2D eigenvalue weighted by atomic mass is 16.5. The van der Waals surface area contributed by atoms with Gasteiger partial charge in [0.2, 0.25) is 17.5 Å². The van der Waals surface area contributed by atoms with E-state index in [2.05, 4.69) is 16.9 Å². The minimum atomic E-state index is -0.450. The predicted octanol–water partition coefficient (Wildman–Crippen LogP) is 2.91. The summed E-state index contributed by atoms with van der Waals surface area (Å²) in [4.78, 5) is 51.9. The van der Waals surface area contributed by atoms with Crippen molar-refractivity contribution in [1.82, 2.24) is 24.0 Å². The highest BCUT2D eigenvalue weighted by Crippen LogP contribution is 2.31. The summed E-state index contributed by atoms with van der Waals surface area (Å²) >= 11 is 0. The van der Waals surface area contributed by atoms with Gasteiger partial charge in [-0.25, -0.2) is 9.78 Å². The highest BCUT2D eigenvalue weighted by Gasteiger charge is 2.32. The van der Waals surface area contributed by atoms with Gasteiger partial charge in [0.05, 0.1) is 5.92 Å². The topological polar surface area (TPSA) is 135 Å². The van der Waals surface area contributed by atoms with Crippen LogP contribution in [0.2, 0.25) is 0 Å². The molecule has 11 nitrogen and oxygen atoms in total. The molecule has 0 amide bonds. The Morgan fingerprint density at radius 3 is 2.52 bits per heavy atom. The van der Waals surface area contributed by atoms with Gasteiger partial charge in [0.1, 0.15) is 12.4 Å². The van der Waals surface area contributed by atoms with Gasteiger partial charge in [0, 0.05) is 50.0 Å². The number of allylic oxidation sites excluding steroid dienone is 2. The molecule has 11 heteroatoms. The molecule has 2 aliphatic heterocycles. The molecular weight excluding hydrogens is 512 g/mol. The Morgan fingerprint density at radius 1 is 1.07 bits per heavy atom. The van der Waals surface area contributed by atoms with Crippen molar-refractivity contribution in [1.29, 1.82) is 0 Å². The Morgan fingerprint density at radius 2 is 1.85 bits per heavy atom. The van der Waals surface area contributed by atoms with Crippen LogP contribution < -0.4 is 16.2 Å². The second-order valence-electron chi connectivity index (χ2n) is 11.4. The fraction of sp³-hybridized carbons (Fsp3) is 0.690. The van der Waals surface area contributed by atoms with Crippen LogP contribution in [0.25, 0.3) is 11.2 Å². The van der Waals surface area contributed by atoms with E-state index in [1.807, 2.05) is 6.92 Å². The summed E-state index contributed by atoms with van der Waals surface area (Å²) in [7, 11) is 3.76. The number of nitrogens with two attached hydrogens (primary N) is 1. The maximum atomic E-state index is 14.1. The van der Waals surface area contributed by atoms with E-state index in [1.54, 1.807) is 11.6 Å². The first-order valence-corrected chi connectivity index (χ1v) is 14.8. The lowest BCUT2D eigenvalue weighted by molar-refractivity contribution is -0.123. The molecule has 2 saturated heterocycles. The maximum absolute atomic E-state index is 14.1. The largest absolute Gasteiger partial charge is 0.474 e. The number of hydrogen-bond donors (Lipinski definition) is 1. The molecule has 0 spiro atoms. The van der Waals surface area contributed by atoms with Gasteiger partial charge in [0.15, 0.2) is 11.2 Å². The molecule has 3 fully saturated rings. The van der Waals surface area contributed by atoms with Crippen molar-refractivity contribution in [3.63, 3.8) is 0 Å². The van der Waals surface area contributed by atoms with E-state index in [-0.39, 0.29) is 35.3 Å². The highest BCUT2D eigenvalue weighted by molar-refractivity contribution is 6.08. The molecule has 2 atom stereocenters. The zero-order valence-electron chi connectivity index (χ0n) is 24.0. The quantitative estimate of drug-likeness (QED) is 0.367. The molecule has 218 valence electrons. The van der Waals surface area contributed by atoms with E-state index in [0.717, 1.165) is 32.2 Å². The zero-order valence-corrected chi connectivity index (χ0v) is 24.0. The van der Waals surface area contributed by atoms with Crippen LogP contribution in [-0.4, -0.2) is 75.0 Å². The molecule has 0 radical (unpaired) electrons. The van der Waals surface area contributed by atoms with Gasteiger partial charge in [-0.05, 0) is 58.5 Å². The fourth-order valence-corrected chi connectivity index (χ4v) is 6.37. The summed E-state index contributed by atoms with van der Waals surface area (Å²) in [6.07, 6.45) is 7.44. The van der Waals surface area contributed by atoms with E-state index in [9.17, 15) is 14.4 Å². The number of rotatable bonds is 9. The number of imidazole rings is 1. The Bertz CT molecular complexity index is 1350. The molecule has 1 aliphatic carbocycles. The number of carbonyl (C=O) groups is 2. The number of Topliss-reactive ketones (excluding diaryl/α,β-unsaturated/α-hetero) is 2. The van der Waals surface area contributed by atoms with E-state index in [1.165, 1.54) is 4.57 Å². The molecule has 1 saturated carbocycles. The number of ketones is 2. The minimum Gasteiger partial charge on any atom is -0.474 e. The van der Waals surface area contributed by atoms with Crippen LogP contribution in [0.4, 0.5) is 0 Å². The molecule has 4 heterocycles. The van der Waals surface area contributed by atoms with Crippen molar-refractivity contribution in [3.8, 4) is 5.88 Å². The summed E-state index contributed by atoms with van der Waals surface area (Å²) in [5, 5.41) is 0. The van der Waals surface area contributed by atoms with Crippen molar-refractivity contribution >= 4 is 22.7 Å². The van der Waals surface area contributed by atoms with Crippen LogP contribution in [-0.2, 0) is 16.6 Å². The lowest BCUT2D eigenvalue weighted by Gasteiger charge is -2.24. The number of fused-ring (bicyclic) bond motifs is 1. The number of aromatic nitrogens is 4. The van der Waals surface area contributed by atoms with E-state index < -0.39 is 11.7 Å². The molecule has 0 aromatic carbocycles. The Hall–Kier alpha value is -3.05. The van der Waals surface area contributed by atoms with Crippen LogP contribution in [0.1, 0.15) is 87.8 Å². The number of likely N-dealkylation sites (tertiary alicyclic amines) is 1. The third-order valence-corrected chi connectivity index (χ3v) is 8.79. The summed E-state index contributed by atoms with van der Waals surface area (Å²) < 4.78 is 15.0. The molecule has 0 bridgehead atoms. The maximum Gasteiger partial charge on any atom is 0.330 e. The van der Waals surface area contributed by atoms with Crippen LogP contribution in [0.15, 0.2) is 16.1 Å². The van der Waals surface area contributed by atoms with E-state index in [0.29, 0.717) is 80.8 Å². The molecule has 2 N–H and O–H groups in total. The van der Waals surface area contributed by atoms with Crippen LogP contribution in [0.3, 0.4) is 0 Å². The normalized spacial score (nSPS) is 23.5. The van der Waals surface area contributed by atoms with Gasteiger partial charge in [-0.15, -0.1) is 0 Å². The Labute approximate surface area is 234 Å². The fourth-order valence-electron chi connectivity index (χ4n) is 6.37. The third kappa shape index (κ3) is 5.45. The van der Waals surface area contributed by atoms with E-state index >= 15 is 0 Å². The smallest absolute Gasteiger partial charge is 0.330 e. The second kappa shape index (κ2) is 12.2. The molecule has 40 heavy (non-hydrogen) atoms. The Kier molecular flexibility index (Phi) is 8.70. The van der Waals surface area contributed by atoms with Crippen molar-refractivity contribution in [2.75, 3.05) is 33.4 Å². The Balaban J connectivity index is 1.62. The van der Waals surface area contributed by atoms with Gasteiger partial charge in [-0.3, -0.25) is 18.7 Å². The van der Waals surface area contributed by atoms with Crippen molar-refractivity contribution in [3.05, 3.63) is 27.6 Å². The van der Waals surface area contributed by atoms with Crippen LogP contribution >= 0.6 is 0 Å². The number of aryl methyl sites for hydroxylation is 1. The van der Waals surface area contributed by atoms with Gasteiger partial charge in [-0.2, -0.15) is 4.98 Å². The lowest BCUT2D eigenvalue weighted by Crippen LogP contribution is -2.31. The monoisotopic (exact) mass is 554 g/mol. The van der Waals surface area contributed by atoms with Gasteiger partial charge in [-0.1, -0.05) is 19.8 Å². The van der Waals surface area contributed by atoms with Gasteiger partial charge in [0.25, 0.3) is 0 Å². The number of nitrogens with zero attached hydrogens (tertiary/aromatic N) is 5. The number of carbonyl (C=O) groups excluding carboxylic acids is 2. The first-order chi connectivity index (χ1) is 19.3. The average Bonchev–Trinajstić information content (AvgIpc) is 3.49. The summed E-state index contributed by atoms with van der Waals surface area (Å²) in [6.45, 7) is 4.47. The van der Waals surface area contributed by atoms with Crippen molar-refractivity contribution in [2.24, 2.45) is 18.7 Å². The predicted molar refractivity (Wildman–Crippen MR) is 150 cm³/mol. The summed E-state index contributed by atoms with van der Waals surface area (Å²) in [5.74, 6) is -0.598. The number of likely N-dealkylation sites (N-methyl/N-ethyl adjacent to an activating group) is 1. The number of hydrogen-bond acceptors (Lipinski definition) is 9. The molecule has 3 aliphatic rings. The molecule has 2 aromatic heterocycles. The third-order valence-electron chi connectivity index (χ3n) is 8.79. The molecule has 2 aromatic rings. The van der Waals surface area contributed by atoms with Crippen molar-refractivity contribution in [2.45, 2.75) is 83.2 Å². The summed E-state index contributed by atoms with van der Waals surface area (Å²) in [6, 6.07) is 0.120. The summed E-state index contributed by atoms with van der Waals surface area (Å²) in [5.41, 5.74) is 7.93. The number of ether oxygens (including phenoxy) is 2. The first kappa shape index (κ1) is 28.5. The first-order valence-electron chi connectivity index (χ1n) is 14.8. The van der Waals surface area contributed by atoms with Gasteiger partial charge >= 0.3 is 5.69 Å². The van der Waals surface area contributed by atoms with Crippen molar-refractivity contribution < 1.29 is 19.1 Å². The van der Waals surface area contributed by atoms with Crippen LogP contribution in [0, 0.1) is 5.92 Å². The molecule has 5 rings (SSSR count). The van der Waals surface area contributed by atoms with Crippen LogP contribution in [0.5, 0.6) is 5.88 Å². The standard InChI is InChI=1S/C29H42N6O5/c1-4-8-21(23(30)20-10-5-6-11-22(20)36)25(37)26-31-27-24(28(32-26)40-17-19-9-7-14-33(19)2)34(3)29(38)35(27)18-12-15-39-16-13-18/h18-20H,4-17,30H2,1-3H3/b23-21-/t19?,20-/m0/s1. The average molecular weight is 555 g/mol.